The van der Waals surface area contributed by atoms with Crippen LogP contribution in [0.1, 0.15) is 11.4 Å². The van der Waals surface area contributed by atoms with Crippen LogP contribution < -0.4 is 0 Å². The molecule has 4 heterocycles. The van der Waals surface area contributed by atoms with E-state index in [2.05, 4.69) is 56.9 Å². The molecule has 0 bridgehead atoms. The minimum Gasteiger partial charge on any atom is -0.346 e. The van der Waals surface area contributed by atoms with Gasteiger partial charge in [-0.05, 0) is 35.7 Å². The number of nitrogens with zero attached hydrogens (tertiary/aromatic N) is 5. The molecule has 6 heteroatoms. The summed E-state index contributed by atoms with van der Waals surface area (Å²) >= 11 is 0. The number of para-hydroxylation sites is 1. The van der Waals surface area contributed by atoms with Crippen molar-refractivity contribution in [2.75, 3.05) is 6.54 Å². The Balaban J connectivity index is 1.39. The van der Waals surface area contributed by atoms with Crippen molar-refractivity contribution in [3.8, 4) is 11.4 Å². The topological polar surface area (TPSA) is 38.9 Å². The summed E-state index contributed by atoms with van der Waals surface area (Å²) in [6.07, 6.45) is 1.60. The molecule has 0 N–H and O–H groups in total. The molecule has 0 saturated heterocycles. The van der Waals surface area contributed by atoms with E-state index in [9.17, 15) is 4.39 Å². The van der Waals surface area contributed by atoms with Crippen LogP contribution in [0.5, 0.6) is 0 Å². The zero-order chi connectivity index (χ0) is 18.4. The highest BCUT2D eigenvalue weighted by atomic mass is 19.1. The second-order valence-corrected chi connectivity index (χ2v) is 7.04. The summed E-state index contributed by atoms with van der Waals surface area (Å²) in [5.74, 6) is -0.333. The van der Waals surface area contributed by atoms with E-state index in [-0.39, 0.29) is 5.82 Å². The lowest BCUT2D eigenvalue weighted by atomic mass is 10.2. The van der Waals surface area contributed by atoms with Crippen LogP contribution in [0.4, 0.5) is 4.39 Å². The maximum Gasteiger partial charge on any atom is 0.151 e. The third-order valence-electron chi connectivity index (χ3n) is 5.31. The SMILES string of the molecule is Cn1c(CN2CCn3nc(-c4ncccc4F)cc3C2)cc2ccccc21. The third kappa shape index (κ3) is 2.82. The van der Waals surface area contributed by atoms with E-state index in [1.807, 2.05) is 10.7 Å². The fourth-order valence-corrected chi connectivity index (χ4v) is 3.87. The molecule has 5 rings (SSSR count). The summed E-state index contributed by atoms with van der Waals surface area (Å²) in [7, 11) is 2.12. The molecule has 0 amide bonds. The molecule has 136 valence electrons. The van der Waals surface area contributed by atoms with Crippen molar-refractivity contribution in [1.82, 2.24) is 24.2 Å². The normalized spacial score (nSPS) is 14.6. The quantitative estimate of drug-likeness (QED) is 0.560. The monoisotopic (exact) mass is 361 g/mol. The smallest absolute Gasteiger partial charge is 0.151 e. The van der Waals surface area contributed by atoms with Crippen molar-refractivity contribution in [1.29, 1.82) is 0 Å². The highest BCUT2D eigenvalue weighted by Gasteiger charge is 2.21. The molecule has 0 atom stereocenters. The molecule has 1 aliphatic heterocycles. The fraction of sp³-hybridized carbons (Fsp3) is 0.238. The van der Waals surface area contributed by atoms with Crippen LogP contribution >= 0.6 is 0 Å². The number of pyridine rings is 1. The second kappa shape index (κ2) is 6.32. The number of hydrogen-bond acceptors (Lipinski definition) is 3. The van der Waals surface area contributed by atoms with Crippen LogP contribution in [0.25, 0.3) is 22.3 Å². The van der Waals surface area contributed by atoms with E-state index in [1.165, 1.54) is 22.7 Å². The first-order chi connectivity index (χ1) is 13.2. The Bertz CT molecular complexity index is 1130. The molecule has 0 fully saturated rings. The average Bonchev–Trinajstić information content (AvgIpc) is 3.23. The second-order valence-electron chi connectivity index (χ2n) is 7.04. The van der Waals surface area contributed by atoms with Gasteiger partial charge in [-0.1, -0.05) is 18.2 Å². The molecular weight excluding hydrogens is 341 g/mol. The lowest BCUT2D eigenvalue weighted by Crippen LogP contribution is -2.33. The van der Waals surface area contributed by atoms with Gasteiger partial charge in [0.05, 0.1) is 12.2 Å². The van der Waals surface area contributed by atoms with Crippen LogP contribution in [-0.2, 0) is 26.7 Å². The van der Waals surface area contributed by atoms with Crippen LogP contribution in [0.3, 0.4) is 0 Å². The van der Waals surface area contributed by atoms with Gasteiger partial charge in [-0.25, -0.2) is 4.39 Å². The average molecular weight is 361 g/mol. The summed E-state index contributed by atoms with van der Waals surface area (Å²) in [6.45, 7) is 3.39. The highest BCUT2D eigenvalue weighted by molar-refractivity contribution is 5.81. The maximum atomic E-state index is 14.0. The Morgan fingerprint density at radius 2 is 1.96 bits per heavy atom. The van der Waals surface area contributed by atoms with Crippen molar-refractivity contribution in [2.24, 2.45) is 7.05 Å². The van der Waals surface area contributed by atoms with E-state index >= 15 is 0 Å². The Morgan fingerprint density at radius 3 is 2.81 bits per heavy atom. The van der Waals surface area contributed by atoms with E-state index in [0.29, 0.717) is 11.4 Å². The summed E-state index contributed by atoms with van der Waals surface area (Å²) in [5, 5.41) is 5.83. The number of rotatable bonds is 3. The largest absolute Gasteiger partial charge is 0.346 e. The number of fused-ring (bicyclic) bond motifs is 2. The number of aryl methyl sites for hydroxylation is 1. The van der Waals surface area contributed by atoms with E-state index in [1.54, 1.807) is 12.3 Å². The Morgan fingerprint density at radius 1 is 1.07 bits per heavy atom. The first kappa shape index (κ1) is 16.2. The zero-order valence-corrected chi connectivity index (χ0v) is 15.1. The van der Waals surface area contributed by atoms with Gasteiger partial charge in [0, 0.05) is 44.1 Å². The van der Waals surface area contributed by atoms with E-state index in [0.717, 1.165) is 31.9 Å². The highest BCUT2D eigenvalue weighted by Crippen LogP contribution is 2.25. The number of benzene rings is 1. The standard InChI is InChI=1S/C21H20FN5/c1-25-16(11-15-5-2-3-7-20(15)25)13-26-9-10-27-17(14-26)12-19(24-27)21-18(22)6-4-8-23-21/h2-8,11-12H,9-10,13-14H2,1H3. The van der Waals surface area contributed by atoms with Crippen molar-refractivity contribution < 1.29 is 4.39 Å². The minimum absolute atomic E-state index is 0.319. The summed E-state index contributed by atoms with van der Waals surface area (Å²) in [6, 6.07) is 15.7. The predicted molar refractivity (Wildman–Crippen MR) is 102 cm³/mol. The van der Waals surface area contributed by atoms with Crippen molar-refractivity contribution in [2.45, 2.75) is 19.6 Å². The van der Waals surface area contributed by atoms with Gasteiger partial charge in [-0.3, -0.25) is 14.6 Å². The van der Waals surface area contributed by atoms with Crippen molar-refractivity contribution >= 4 is 10.9 Å². The molecule has 27 heavy (non-hydrogen) atoms. The van der Waals surface area contributed by atoms with Gasteiger partial charge in [-0.2, -0.15) is 5.10 Å². The van der Waals surface area contributed by atoms with Crippen LogP contribution in [0.15, 0.2) is 54.7 Å². The van der Waals surface area contributed by atoms with E-state index in [4.69, 9.17) is 0 Å². The van der Waals surface area contributed by atoms with Gasteiger partial charge in [0.1, 0.15) is 11.4 Å². The molecular formula is C21H20FN5. The maximum absolute atomic E-state index is 14.0. The lowest BCUT2D eigenvalue weighted by Gasteiger charge is -2.27. The Hall–Kier alpha value is -2.99. The number of halogens is 1. The van der Waals surface area contributed by atoms with Crippen LogP contribution in [0.2, 0.25) is 0 Å². The summed E-state index contributed by atoms with van der Waals surface area (Å²) in [5.41, 5.74) is 4.57. The third-order valence-corrected chi connectivity index (χ3v) is 5.31. The molecule has 0 radical (unpaired) electrons. The summed E-state index contributed by atoms with van der Waals surface area (Å²) < 4.78 is 18.3. The molecule has 0 unspecified atom stereocenters. The first-order valence-electron chi connectivity index (χ1n) is 9.12. The summed E-state index contributed by atoms with van der Waals surface area (Å²) in [4.78, 5) is 6.55. The zero-order valence-electron chi connectivity index (χ0n) is 15.1. The molecule has 0 spiro atoms. The van der Waals surface area contributed by atoms with Crippen molar-refractivity contribution in [3.63, 3.8) is 0 Å². The number of hydrogen-bond donors (Lipinski definition) is 0. The molecule has 0 saturated carbocycles. The van der Waals surface area contributed by atoms with Gasteiger partial charge < -0.3 is 4.57 Å². The molecule has 4 aromatic rings. The molecule has 0 aliphatic carbocycles. The van der Waals surface area contributed by atoms with Gasteiger partial charge in [-0.15, -0.1) is 0 Å². The van der Waals surface area contributed by atoms with Gasteiger partial charge in [0.15, 0.2) is 5.82 Å². The Kier molecular flexibility index (Phi) is 3.79. The lowest BCUT2D eigenvalue weighted by molar-refractivity contribution is 0.201. The van der Waals surface area contributed by atoms with Crippen LogP contribution in [0, 0.1) is 5.82 Å². The number of aromatic nitrogens is 4. The minimum atomic E-state index is -0.333. The predicted octanol–water partition coefficient (Wildman–Crippen LogP) is 3.59. The molecule has 3 aromatic heterocycles. The molecule has 5 nitrogen and oxygen atoms in total. The van der Waals surface area contributed by atoms with Gasteiger partial charge in [0.25, 0.3) is 0 Å². The first-order valence-corrected chi connectivity index (χ1v) is 9.12. The molecule has 1 aliphatic rings. The van der Waals surface area contributed by atoms with Crippen molar-refractivity contribution in [3.05, 3.63) is 71.9 Å². The Labute approximate surface area is 156 Å². The fourth-order valence-electron chi connectivity index (χ4n) is 3.87. The van der Waals surface area contributed by atoms with E-state index < -0.39 is 0 Å². The molecule has 1 aromatic carbocycles. The van der Waals surface area contributed by atoms with Crippen LogP contribution in [-0.4, -0.2) is 30.8 Å². The van der Waals surface area contributed by atoms with Gasteiger partial charge in [0.2, 0.25) is 0 Å². The van der Waals surface area contributed by atoms with Gasteiger partial charge >= 0.3 is 0 Å².